The molecule has 0 unspecified atom stereocenters. The van der Waals surface area contributed by atoms with Gasteiger partial charge in [-0.15, -0.1) is 0 Å². The standard InChI is InChI=1S/C14H23NO3S/c1-11(2)5-7-14(13(17)18)6-4-8-15(10-14)12(16)9-19-3/h5H,4,6-10H2,1-3H3,(H,17,18)/t14-/m1/s1. The lowest BCUT2D eigenvalue weighted by atomic mass is 9.76. The lowest BCUT2D eigenvalue weighted by molar-refractivity contribution is -0.154. The highest BCUT2D eigenvalue weighted by atomic mass is 32.2. The second kappa shape index (κ2) is 6.98. The molecule has 1 aliphatic rings. The van der Waals surface area contributed by atoms with Crippen LogP contribution in [0.25, 0.3) is 0 Å². The number of amides is 1. The highest BCUT2D eigenvalue weighted by Gasteiger charge is 2.42. The molecular weight excluding hydrogens is 262 g/mol. The molecule has 4 nitrogen and oxygen atoms in total. The fourth-order valence-electron chi connectivity index (χ4n) is 2.39. The maximum absolute atomic E-state index is 11.9. The van der Waals surface area contributed by atoms with Crippen molar-refractivity contribution >= 4 is 23.6 Å². The van der Waals surface area contributed by atoms with Crippen LogP contribution in [0.5, 0.6) is 0 Å². The number of nitrogens with zero attached hydrogens (tertiary/aromatic N) is 1. The first-order chi connectivity index (χ1) is 8.91. The van der Waals surface area contributed by atoms with Gasteiger partial charge in [-0.05, 0) is 39.4 Å². The summed E-state index contributed by atoms with van der Waals surface area (Å²) >= 11 is 1.48. The van der Waals surface area contributed by atoms with Crippen molar-refractivity contribution in [2.45, 2.75) is 33.1 Å². The van der Waals surface area contributed by atoms with Gasteiger partial charge >= 0.3 is 5.97 Å². The topological polar surface area (TPSA) is 57.6 Å². The molecule has 108 valence electrons. The van der Waals surface area contributed by atoms with Crippen molar-refractivity contribution in [2.75, 3.05) is 25.1 Å². The Morgan fingerprint density at radius 3 is 2.63 bits per heavy atom. The number of thioether (sulfide) groups is 1. The van der Waals surface area contributed by atoms with E-state index in [-0.39, 0.29) is 5.91 Å². The van der Waals surface area contributed by atoms with E-state index in [2.05, 4.69) is 0 Å². The van der Waals surface area contributed by atoms with Gasteiger partial charge in [-0.3, -0.25) is 9.59 Å². The number of likely N-dealkylation sites (tertiary alicyclic amines) is 1. The second-order valence-corrected chi connectivity index (χ2v) is 6.29. The number of hydrogen-bond donors (Lipinski definition) is 1. The summed E-state index contributed by atoms with van der Waals surface area (Å²) in [5, 5.41) is 9.56. The molecule has 0 radical (unpaired) electrons. The van der Waals surface area contributed by atoms with Crippen molar-refractivity contribution in [3.8, 4) is 0 Å². The van der Waals surface area contributed by atoms with Gasteiger partial charge < -0.3 is 10.0 Å². The minimum Gasteiger partial charge on any atom is -0.481 e. The average molecular weight is 285 g/mol. The van der Waals surface area contributed by atoms with Crippen molar-refractivity contribution < 1.29 is 14.7 Å². The van der Waals surface area contributed by atoms with Gasteiger partial charge in [0.15, 0.2) is 0 Å². The van der Waals surface area contributed by atoms with Gasteiger partial charge in [0.25, 0.3) is 0 Å². The predicted octanol–water partition coefficient (Wildman–Crippen LogP) is 2.40. The molecule has 0 aromatic rings. The predicted molar refractivity (Wildman–Crippen MR) is 78.3 cm³/mol. The monoisotopic (exact) mass is 285 g/mol. The molecule has 1 amide bonds. The minimum atomic E-state index is -0.802. The number of rotatable bonds is 5. The number of carbonyl (C=O) groups is 2. The van der Waals surface area contributed by atoms with Crippen LogP contribution in [0.3, 0.4) is 0 Å². The van der Waals surface area contributed by atoms with Gasteiger partial charge in [0.1, 0.15) is 0 Å². The number of piperidine rings is 1. The average Bonchev–Trinajstić information content (AvgIpc) is 2.36. The first-order valence-corrected chi connectivity index (χ1v) is 7.94. The highest BCUT2D eigenvalue weighted by molar-refractivity contribution is 7.99. The summed E-state index contributed by atoms with van der Waals surface area (Å²) in [4.78, 5) is 25.3. The number of allylic oxidation sites excluding steroid dienone is 2. The van der Waals surface area contributed by atoms with Gasteiger partial charge in [0, 0.05) is 13.1 Å². The molecule has 1 aliphatic heterocycles. The van der Waals surface area contributed by atoms with Gasteiger partial charge in [-0.2, -0.15) is 11.8 Å². The zero-order valence-electron chi connectivity index (χ0n) is 11.9. The smallest absolute Gasteiger partial charge is 0.311 e. The molecule has 0 aliphatic carbocycles. The van der Waals surface area contributed by atoms with Crippen LogP contribution >= 0.6 is 11.8 Å². The third-order valence-electron chi connectivity index (χ3n) is 3.55. The minimum absolute atomic E-state index is 0.0509. The third kappa shape index (κ3) is 4.27. The summed E-state index contributed by atoms with van der Waals surface area (Å²) in [5.41, 5.74) is 0.317. The highest BCUT2D eigenvalue weighted by Crippen LogP contribution is 2.35. The zero-order valence-corrected chi connectivity index (χ0v) is 12.8. The van der Waals surface area contributed by atoms with Crippen LogP contribution in [0.15, 0.2) is 11.6 Å². The Balaban J connectivity index is 2.84. The summed E-state index contributed by atoms with van der Waals surface area (Å²) in [6.45, 7) is 4.96. The Kier molecular flexibility index (Phi) is 5.91. The van der Waals surface area contributed by atoms with Crippen LogP contribution in [0.1, 0.15) is 33.1 Å². The van der Waals surface area contributed by atoms with Crippen molar-refractivity contribution in [2.24, 2.45) is 5.41 Å². The van der Waals surface area contributed by atoms with Crippen molar-refractivity contribution in [1.29, 1.82) is 0 Å². The SMILES string of the molecule is CSCC(=O)N1CCC[C@](CC=C(C)C)(C(=O)O)C1. The van der Waals surface area contributed by atoms with E-state index in [1.54, 1.807) is 4.90 Å². The zero-order chi connectivity index (χ0) is 14.5. The normalized spacial score (nSPS) is 23.0. The van der Waals surface area contributed by atoms with E-state index < -0.39 is 11.4 Å². The molecule has 1 fully saturated rings. The Morgan fingerprint density at radius 2 is 2.11 bits per heavy atom. The van der Waals surface area contributed by atoms with Gasteiger partial charge in [0.05, 0.1) is 11.2 Å². The molecule has 1 N–H and O–H groups in total. The molecule has 0 saturated carbocycles. The third-order valence-corrected chi connectivity index (χ3v) is 4.09. The van der Waals surface area contributed by atoms with Gasteiger partial charge in [-0.1, -0.05) is 11.6 Å². The van der Waals surface area contributed by atoms with E-state index in [0.717, 1.165) is 12.0 Å². The molecule has 0 spiro atoms. The summed E-state index contributed by atoms with van der Waals surface area (Å²) < 4.78 is 0. The van der Waals surface area contributed by atoms with Crippen LogP contribution in [-0.4, -0.2) is 47.0 Å². The molecule has 1 heterocycles. The van der Waals surface area contributed by atoms with Crippen molar-refractivity contribution in [3.63, 3.8) is 0 Å². The van der Waals surface area contributed by atoms with E-state index in [4.69, 9.17) is 0 Å². The molecule has 0 aromatic carbocycles. The molecule has 19 heavy (non-hydrogen) atoms. The largest absolute Gasteiger partial charge is 0.481 e. The Morgan fingerprint density at radius 1 is 1.42 bits per heavy atom. The van der Waals surface area contributed by atoms with E-state index in [9.17, 15) is 14.7 Å². The number of carbonyl (C=O) groups excluding carboxylic acids is 1. The lowest BCUT2D eigenvalue weighted by Crippen LogP contribution is -2.50. The molecule has 0 bridgehead atoms. The second-order valence-electron chi connectivity index (χ2n) is 5.42. The fourth-order valence-corrected chi connectivity index (χ4v) is 2.82. The number of carboxylic acid groups (broad SMARTS) is 1. The molecule has 5 heteroatoms. The molecule has 1 saturated heterocycles. The van der Waals surface area contributed by atoms with Gasteiger partial charge in [-0.25, -0.2) is 0 Å². The van der Waals surface area contributed by atoms with Crippen LogP contribution in [0, 0.1) is 5.41 Å². The number of hydrogen-bond acceptors (Lipinski definition) is 3. The summed E-state index contributed by atoms with van der Waals surface area (Å²) in [6.07, 6.45) is 5.78. The first-order valence-electron chi connectivity index (χ1n) is 6.55. The quantitative estimate of drug-likeness (QED) is 0.788. The van der Waals surface area contributed by atoms with Crippen molar-refractivity contribution in [3.05, 3.63) is 11.6 Å². The fraction of sp³-hybridized carbons (Fsp3) is 0.714. The number of carboxylic acids is 1. The van der Waals surface area contributed by atoms with Crippen LogP contribution in [-0.2, 0) is 9.59 Å². The number of aliphatic carboxylic acids is 1. The van der Waals surface area contributed by atoms with E-state index in [0.29, 0.717) is 31.7 Å². The van der Waals surface area contributed by atoms with Crippen LogP contribution < -0.4 is 0 Å². The Hall–Kier alpha value is -0.970. The van der Waals surface area contributed by atoms with E-state index in [1.165, 1.54) is 11.8 Å². The van der Waals surface area contributed by atoms with Crippen molar-refractivity contribution in [1.82, 2.24) is 4.90 Å². The van der Waals surface area contributed by atoms with Gasteiger partial charge in [0.2, 0.25) is 5.91 Å². The summed E-state index contributed by atoms with van der Waals surface area (Å²) in [6, 6.07) is 0. The molecular formula is C14H23NO3S. The Labute approximate surface area is 119 Å². The molecule has 1 atom stereocenters. The Bertz CT molecular complexity index is 377. The first kappa shape index (κ1) is 16.1. The van der Waals surface area contributed by atoms with E-state index >= 15 is 0 Å². The summed E-state index contributed by atoms with van der Waals surface area (Å²) in [7, 11) is 0. The van der Waals surface area contributed by atoms with E-state index in [1.807, 2.05) is 26.2 Å². The van der Waals surface area contributed by atoms with Crippen LogP contribution in [0.4, 0.5) is 0 Å². The molecule has 0 aromatic heterocycles. The maximum Gasteiger partial charge on any atom is 0.311 e. The van der Waals surface area contributed by atoms with Crippen LogP contribution in [0.2, 0.25) is 0 Å². The maximum atomic E-state index is 11.9. The lowest BCUT2D eigenvalue weighted by Gasteiger charge is -2.39. The summed E-state index contributed by atoms with van der Waals surface area (Å²) in [5.74, 6) is -0.306. The molecule has 1 rings (SSSR count).